The Bertz CT molecular complexity index is 573. The summed E-state index contributed by atoms with van der Waals surface area (Å²) in [6.45, 7) is 5.94. The molecule has 1 aromatic carbocycles. The molecule has 1 fully saturated rings. The molecule has 20 heavy (non-hydrogen) atoms. The monoisotopic (exact) mass is 269 g/mol. The summed E-state index contributed by atoms with van der Waals surface area (Å²) >= 11 is 0. The van der Waals surface area contributed by atoms with Crippen LogP contribution in [0.2, 0.25) is 0 Å². The van der Waals surface area contributed by atoms with E-state index in [9.17, 15) is 0 Å². The van der Waals surface area contributed by atoms with Gasteiger partial charge in [0.05, 0.1) is 6.20 Å². The minimum absolute atomic E-state index is 0.808. The molecule has 104 valence electrons. The summed E-state index contributed by atoms with van der Waals surface area (Å²) in [4.78, 5) is 4.66. The molecule has 1 aliphatic rings. The summed E-state index contributed by atoms with van der Waals surface area (Å²) in [5.74, 6) is 0.974. The largest absolute Gasteiger partial charge is 0.399 e. The summed E-state index contributed by atoms with van der Waals surface area (Å²) in [5, 5.41) is 8.24. The van der Waals surface area contributed by atoms with Crippen molar-refractivity contribution >= 4 is 17.2 Å². The maximum atomic E-state index is 5.73. The molecule has 3 rings (SSSR count). The normalized spacial score (nSPS) is 15.4. The molecule has 2 heterocycles. The number of hydrogen-bond donors (Lipinski definition) is 1. The molecule has 0 bridgehead atoms. The number of aromatic nitrogens is 2. The number of hydrogen-bond acceptors (Lipinski definition) is 5. The third-order valence-corrected chi connectivity index (χ3v) is 3.64. The van der Waals surface area contributed by atoms with Crippen molar-refractivity contribution in [3.05, 3.63) is 42.1 Å². The highest BCUT2D eigenvalue weighted by molar-refractivity contribution is 5.54. The van der Waals surface area contributed by atoms with E-state index in [1.807, 2.05) is 19.1 Å². The van der Waals surface area contributed by atoms with Gasteiger partial charge in [-0.2, -0.15) is 5.10 Å². The van der Waals surface area contributed by atoms with E-state index in [0.29, 0.717) is 0 Å². The second-order valence-electron chi connectivity index (χ2n) is 5.16. The van der Waals surface area contributed by atoms with Crippen LogP contribution in [0, 0.1) is 6.92 Å². The summed E-state index contributed by atoms with van der Waals surface area (Å²) in [7, 11) is 0. The first-order valence-electron chi connectivity index (χ1n) is 6.87. The van der Waals surface area contributed by atoms with Crippen molar-refractivity contribution in [3.63, 3.8) is 0 Å². The number of benzene rings is 1. The van der Waals surface area contributed by atoms with Crippen LogP contribution in [0.15, 0.2) is 36.5 Å². The highest BCUT2D eigenvalue weighted by Gasteiger charge is 2.18. The molecule has 0 unspecified atom stereocenters. The second kappa shape index (κ2) is 5.36. The van der Waals surface area contributed by atoms with Gasteiger partial charge >= 0.3 is 0 Å². The van der Waals surface area contributed by atoms with Crippen molar-refractivity contribution in [1.82, 2.24) is 10.2 Å². The van der Waals surface area contributed by atoms with Crippen LogP contribution in [-0.2, 0) is 0 Å². The molecule has 0 saturated carbocycles. The summed E-state index contributed by atoms with van der Waals surface area (Å²) in [6.07, 6.45) is 1.79. The first-order valence-corrected chi connectivity index (χ1v) is 6.87. The summed E-state index contributed by atoms with van der Waals surface area (Å²) < 4.78 is 0. The molecule has 2 N–H and O–H groups in total. The SMILES string of the molecule is Cc1cnnc(N2CCN(c3ccc(N)cc3)CC2)c1. The van der Waals surface area contributed by atoms with E-state index in [1.54, 1.807) is 6.20 Å². The fourth-order valence-corrected chi connectivity index (χ4v) is 2.48. The van der Waals surface area contributed by atoms with E-state index in [2.05, 4.69) is 38.2 Å². The van der Waals surface area contributed by atoms with Crippen molar-refractivity contribution in [2.24, 2.45) is 0 Å². The number of nitrogens with two attached hydrogens (primary N) is 1. The van der Waals surface area contributed by atoms with Crippen LogP contribution in [0.5, 0.6) is 0 Å². The van der Waals surface area contributed by atoms with Gasteiger partial charge in [0.15, 0.2) is 5.82 Å². The van der Waals surface area contributed by atoms with Crippen molar-refractivity contribution in [2.75, 3.05) is 41.7 Å². The van der Waals surface area contributed by atoms with Gasteiger partial charge in [-0.15, -0.1) is 5.10 Å². The molecule has 1 saturated heterocycles. The van der Waals surface area contributed by atoms with Gasteiger partial charge in [-0.25, -0.2) is 0 Å². The minimum atomic E-state index is 0.808. The van der Waals surface area contributed by atoms with E-state index in [4.69, 9.17) is 5.73 Å². The molecule has 0 spiro atoms. The minimum Gasteiger partial charge on any atom is -0.399 e. The third-order valence-electron chi connectivity index (χ3n) is 3.64. The standard InChI is InChI=1S/C15H19N5/c1-12-10-15(18-17-11-12)20-8-6-19(7-9-20)14-4-2-13(16)3-5-14/h2-5,10-11H,6-9,16H2,1H3. The molecule has 2 aromatic rings. The molecule has 1 aliphatic heterocycles. The average Bonchev–Trinajstić information content (AvgIpc) is 2.48. The lowest BCUT2D eigenvalue weighted by atomic mass is 10.2. The van der Waals surface area contributed by atoms with E-state index < -0.39 is 0 Å². The summed E-state index contributed by atoms with van der Waals surface area (Å²) in [6, 6.07) is 10.2. The topological polar surface area (TPSA) is 58.3 Å². The van der Waals surface area contributed by atoms with Crippen LogP contribution in [0.4, 0.5) is 17.2 Å². The third kappa shape index (κ3) is 2.66. The quantitative estimate of drug-likeness (QED) is 0.841. The highest BCUT2D eigenvalue weighted by atomic mass is 15.3. The van der Waals surface area contributed by atoms with Crippen LogP contribution in [0.3, 0.4) is 0 Å². The lowest BCUT2D eigenvalue weighted by Crippen LogP contribution is -2.46. The van der Waals surface area contributed by atoms with Crippen molar-refractivity contribution in [3.8, 4) is 0 Å². The van der Waals surface area contributed by atoms with Crippen molar-refractivity contribution in [1.29, 1.82) is 0 Å². The Labute approximate surface area is 119 Å². The maximum absolute atomic E-state index is 5.73. The zero-order valence-electron chi connectivity index (χ0n) is 11.7. The molecule has 1 aromatic heterocycles. The number of nitrogen functional groups attached to an aromatic ring is 1. The van der Waals surface area contributed by atoms with E-state index in [0.717, 1.165) is 43.2 Å². The Morgan fingerprint density at radius 2 is 1.65 bits per heavy atom. The first kappa shape index (κ1) is 12.7. The Hall–Kier alpha value is -2.30. The predicted octanol–water partition coefficient (Wildman–Crippen LogP) is 1.69. The van der Waals surface area contributed by atoms with Gasteiger partial charge in [-0.3, -0.25) is 0 Å². The molecule has 5 nitrogen and oxygen atoms in total. The number of anilines is 3. The molecular formula is C15H19N5. The number of nitrogens with zero attached hydrogens (tertiary/aromatic N) is 4. The molecule has 0 amide bonds. The second-order valence-corrected chi connectivity index (χ2v) is 5.16. The molecule has 0 aliphatic carbocycles. The number of piperazine rings is 1. The van der Waals surface area contributed by atoms with Crippen LogP contribution >= 0.6 is 0 Å². The molecule has 5 heteroatoms. The highest BCUT2D eigenvalue weighted by Crippen LogP contribution is 2.20. The molecular weight excluding hydrogens is 250 g/mol. The lowest BCUT2D eigenvalue weighted by molar-refractivity contribution is 0.643. The molecule has 0 radical (unpaired) electrons. The van der Waals surface area contributed by atoms with Crippen LogP contribution in [0.25, 0.3) is 0 Å². The predicted molar refractivity (Wildman–Crippen MR) is 82.0 cm³/mol. The van der Waals surface area contributed by atoms with Gasteiger partial charge in [-0.05, 0) is 42.8 Å². The number of aryl methyl sites for hydroxylation is 1. The van der Waals surface area contributed by atoms with Gasteiger partial charge in [0.25, 0.3) is 0 Å². The van der Waals surface area contributed by atoms with Crippen LogP contribution in [-0.4, -0.2) is 36.4 Å². The van der Waals surface area contributed by atoms with E-state index in [1.165, 1.54) is 5.69 Å². The first-order chi connectivity index (χ1) is 9.72. The zero-order chi connectivity index (χ0) is 13.9. The van der Waals surface area contributed by atoms with Gasteiger partial charge < -0.3 is 15.5 Å². The van der Waals surface area contributed by atoms with Crippen LogP contribution in [0.1, 0.15) is 5.56 Å². The van der Waals surface area contributed by atoms with E-state index in [-0.39, 0.29) is 0 Å². The van der Waals surface area contributed by atoms with Crippen molar-refractivity contribution < 1.29 is 0 Å². The van der Waals surface area contributed by atoms with Gasteiger partial charge in [0, 0.05) is 37.6 Å². The zero-order valence-corrected chi connectivity index (χ0v) is 11.7. The maximum Gasteiger partial charge on any atom is 0.151 e. The van der Waals surface area contributed by atoms with Crippen LogP contribution < -0.4 is 15.5 Å². The fourth-order valence-electron chi connectivity index (χ4n) is 2.48. The lowest BCUT2D eigenvalue weighted by Gasteiger charge is -2.36. The van der Waals surface area contributed by atoms with Gasteiger partial charge in [-0.1, -0.05) is 0 Å². The Morgan fingerprint density at radius 1 is 1.00 bits per heavy atom. The van der Waals surface area contributed by atoms with Gasteiger partial charge in [0.2, 0.25) is 0 Å². The van der Waals surface area contributed by atoms with E-state index >= 15 is 0 Å². The average molecular weight is 269 g/mol. The summed E-state index contributed by atoms with van der Waals surface area (Å²) in [5.41, 5.74) is 8.91. The Kier molecular flexibility index (Phi) is 3.41. The smallest absolute Gasteiger partial charge is 0.151 e. The van der Waals surface area contributed by atoms with Gasteiger partial charge in [0.1, 0.15) is 0 Å². The number of rotatable bonds is 2. The Balaban J connectivity index is 1.66. The molecule has 0 atom stereocenters. The Morgan fingerprint density at radius 3 is 2.30 bits per heavy atom. The van der Waals surface area contributed by atoms with Crippen molar-refractivity contribution in [2.45, 2.75) is 6.92 Å². The fraction of sp³-hybridized carbons (Fsp3) is 0.333.